The van der Waals surface area contributed by atoms with Gasteiger partial charge in [-0.15, -0.1) is 11.8 Å². The van der Waals surface area contributed by atoms with Crippen LogP contribution in [0.15, 0.2) is 57.4 Å². The second kappa shape index (κ2) is 17.4. The van der Waals surface area contributed by atoms with E-state index in [9.17, 15) is 13.2 Å². The normalized spacial score (nSPS) is 11.9. The van der Waals surface area contributed by atoms with Crippen LogP contribution in [0.1, 0.15) is 20.8 Å². The third-order valence-electron chi connectivity index (χ3n) is 6.36. The topological polar surface area (TPSA) is 155 Å². The van der Waals surface area contributed by atoms with Crippen LogP contribution in [0.5, 0.6) is 5.75 Å². The lowest BCUT2D eigenvalue weighted by Gasteiger charge is -2.22. The number of aromatic nitrogens is 1. The molecule has 3 rings (SSSR count). The Bertz CT molecular complexity index is 1540. The van der Waals surface area contributed by atoms with Crippen LogP contribution in [-0.2, 0) is 33.6 Å². The Labute approximate surface area is 268 Å². The Kier molecular flexibility index (Phi) is 14.0. The molecule has 0 unspecified atom stereocenters. The van der Waals surface area contributed by atoms with E-state index < -0.39 is 20.6 Å². The highest BCUT2D eigenvalue weighted by Crippen LogP contribution is 2.38. The van der Waals surface area contributed by atoms with Crippen molar-refractivity contribution < 1.29 is 42.0 Å². The van der Waals surface area contributed by atoms with Crippen LogP contribution < -0.4 is 10.1 Å². The Morgan fingerprint density at radius 1 is 0.956 bits per heavy atom. The van der Waals surface area contributed by atoms with Gasteiger partial charge in [-0.2, -0.15) is 0 Å². The summed E-state index contributed by atoms with van der Waals surface area (Å²) in [5, 5.41) is 12.5. The average molecular weight is 664 g/mol. The zero-order valence-electron chi connectivity index (χ0n) is 26.0. The van der Waals surface area contributed by atoms with Crippen LogP contribution in [0.4, 0.5) is 17.1 Å². The Morgan fingerprint density at radius 3 is 2.16 bits per heavy atom. The minimum absolute atomic E-state index is 0.0708. The number of ether oxygens (including phenoxy) is 5. The van der Waals surface area contributed by atoms with Gasteiger partial charge in [0.25, 0.3) is 0 Å². The van der Waals surface area contributed by atoms with Crippen LogP contribution in [-0.4, -0.2) is 102 Å². The number of thioether (sulfide) groups is 1. The van der Waals surface area contributed by atoms with E-state index in [0.717, 1.165) is 16.3 Å². The van der Waals surface area contributed by atoms with E-state index >= 15 is 0 Å². The lowest BCUT2D eigenvalue weighted by molar-refractivity contribution is -0.142. The number of nitrogens with one attached hydrogen (secondary N) is 1. The SMILES string of the molecule is C=Nc1cc(Nc2ccnc3cc(OCCOCCOCCOCCOCC(=O)O)c(S(=O)(=O)C(C)(C)C)cc23)ccc1SC. The number of anilines is 2. The fourth-order valence-corrected chi connectivity index (χ4v) is 5.84. The van der Waals surface area contributed by atoms with Gasteiger partial charge in [0, 0.05) is 33.9 Å². The first-order valence-electron chi connectivity index (χ1n) is 14.2. The van der Waals surface area contributed by atoms with Gasteiger partial charge in [0.05, 0.1) is 62.2 Å². The summed E-state index contributed by atoms with van der Waals surface area (Å²) in [6.07, 6.45) is 3.62. The maximum atomic E-state index is 13.7. The number of nitrogens with zero attached hydrogens (tertiary/aromatic N) is 2. The van der Waals surface area contributed by atoms with Crippen molar-refractivity contribution in [1.82, 2.24) is 4.98 Å². The van der Waals surface area contributed by atoms with Crippen LogP contribution in [0.2, 0.25) is 0 Å². The van der Waals surface area contributed by atoms with Crippen LogP contribution in [0, 0.1) is 0 Å². The molecule has 0 bridgehead atoms. The molecule has 1 heterocycles. The Hall–Kier alpha value is -3.27. The van der Waals surface area contributed by atoms with E-state index in [1.54, 1.807) is 56.9 Å². The number of sulfone groups is 1. The molecule has 3 aromatic rings. The molecule has 0 saturated carbocycles. The molecule has 0 saturated heterocycles. The fraction of sp³-hybridized carbons (Fsp3) is 0.452. The van der Waals surface area contributed by atoms with Gasteiger partial charge in [-0.3, -0.25) is 9.98 Å². The quantitative estimate of drug-likeness (QED) is 0.0935. The minimum atomic E-state index is -3.79. The summed E-state index contributed by atoms with van der Waals surface area (Å²) < 4.78 is 53.4. The molecule has 45 heavy (non-hydrogen) atoms. The molecule has 1 aromatic heterocycles. The van der Waals surface area contributed by atoms with E-state index in [1.807, 2.05) is 24.5 Å². The minimum Gasteiger partial charge on any atom is -0.490 e. The van der Waals surface area contributed by atoms with Crippen molar-refractivity contribution >= 4 is 62.3 Å². The average Bonchev–Trinajstić information content (AvgIpc) is 3.00. The summed E-state index contributed by atoms with van der Waals surface area (Å²) in [5.74, 6) is -0.820. The van der Waals surface area contributed by atoms with Crippen molar-refractivity contribution in [3.63, 3.8) is 0 Å². The van der Waals surface area contributed by atoms with E-state index in [0.29, 0.717) is 43.0 Å². The summed E-state index contributed by atoms with van der Waals surface area (Å²) >= 11 is 1.58. The lowest BCUT2D eigenvalue weighted by atomic mass is 10.1. The maximum absolute atomic E-state index is 13.7. The van der Waals surface area contributed by atoms with E-state index in [2.05, 4.69) is 22.0 Å². The number of aliphatic imine (C=N–C) groups is 1. The smallest absolute Gasteiger partial charge is 0.329 e. The van der Waals surface area contributed by atoms with Gasteiger partial charge >= 0.3 is 5.97 Å². The number of fused-ring (bicyclic) bond motifs is 1. The molecule has 14 heteroatoms. The lowest BCUT2D eigenvalue weighted by Crippen LogP contribution is -2.28. The molecule has 0 aliphatic carbocycles. The van der Waals surface area contributed by atoms with Crippen LogP contribution in [0.25, 0.3) is 10.9 Å². The number of hydrogen-bond acceptors (Lipinski definition) is 12. The third-order valence-corrected chi connectivity index (χ3v) is 9.65. The number of hydrogen-bond donors (Lipinski definition) is 2. The molecular weight excluding hydrogens is 622 g/mol. The summed E-state index contributed by atoms with van der Waals surface area (Å²) in [6, 6.07) is 10.8. The molecule has 0 spiro atoms. The highest BCUT2D eigenvalue weighted by Gasteiger charge is 2.34. The van der Waals surface area contributed by atoms with Crippen molar-refractivity contribution in [3.05, 3.63) is 42.6 Å². The standard InChI is InChI=1S/C31H41N3O9S2/c1-31(2,3)45(37,38)29-19-23-24(34-22-6-7-28(44-5)26(18-22)32-4)8-9-33-25(23)20-27(29)43-17-16-41-13-12-39-10-11-40-14-15-42-21-30(35)36/h6-9,18-20H,4,10-17,21H2,1-3,5H3,(H,33,34)(H,35,36). The fourth-order valence-electron chi connectivity index (χ4n) is 3.99. The second-order valence-electron chi connectivity index (χ2n) is 10.6. The molecule has 0 fully saturated rings. The van der Waals surface area contributed by atoms with E-state index in [-0.39, 0.29) is 43.7 Å². The van der Waals surface area contributed by atoms with Crippen molar-refractivity contribution in [1.29, 1.82) is 0 Å². The molecule has 2 aromatic carbocycles. The highest BCUT2D eigenvalue weighted by atomic mass is 32.2. The number of carboxylic acid groups (broad SMARTS) is 1. The molecule has 246 valence electrons. The molecule has 2 N–H and O–H groups in total. The van der Waals surface area contributed by atoms with Gasteiger partial charge in [-0.25, -0.2) is 13.2 Å². The van der Waals surface area contributed by atoms with Gasteiger partial charge < -0.3 is 34.1 Å². The zero-order chi connectivity index (χ0) is 32.9. The van der Waals surface area contributed by atoms with Crippen LogP contribution >= 0.6 is 11.8 Å². The summed E-state index contributed by atoms with van der Waals surface area (Å²) in [4.78, 5) is 20.0. The molecule has 0 aliphatic heterocycles. The number of benzene rings is 2. The number of pyridine rings is 1. The van der Waals surface area contributed by atoms with Crippen molar-refractivity contribution in [2.45, 2.75) is 35.3 Å². The predicted octanol–water partition coefficient (Wildman–Crippen LogP) is 5.13. The number of carboxylic acids is 1. The van der Waals surface area contributed by atoms with E-state index in [1.165, 1.54) is 0 Å². The number of carbonyl (C=O) groups is 1. The molecule has 12 nitrogen and oxygen atoms in total. The second-order valence-corrected chi connectivity index (χ2v) is 14.1. The monoisotopic (exact) mass is 663 g/mol. The van der Waals surface area contributed by atoms with Crippen molar-refractivity contribution in [2.24, 2.45) is 4.99 Å². The zero-order valence-corrected chi connectivity index (χ0v) is 27.7. The third kappa shape index (κ3) is 10.7. The van der Waals surface area contributed by atoms with Gasteiger partial charge in [0.1, 0.15) is 23.9 Å². The van der Waals surface area contributed by atoms with Crippen LogP contribution in [0.3, 0.4) is 0 Å². The predicted molar refractivity (Wildman–Crippen MR) is 176 cm³/mol. The first kappa shape index (κ1) is 36.2. The summed E-state index contributed by atoms with van der Waals surface area (Å²) in [6.45, 7) is 10.4. The number of rotatable bonds is 20. The Balaban J connectivity index is 1.62. The number of aliphatic carboxylic acids is 1. The van der Waals surface area contributed by atoms with Gasteiger partial charge in [-0.1, -0.05) is 0 Å². The molecule has 0 aliphatic rings. The first-order chi connectivity index (χ1) is 21.5. The van der Waals surface area contributed by atoms with Gasteiger partial charge in [-0.05, 0) is 64.1 Å². The van der Waals surface area contributed by atoms with Crippen molar-refractivity contribution in [2.75, 3.05) is 71.0 Å². The van der Waals surface area contributed by atoms with Gasteiger partial charge in [0.15, 0.2) is 9.84 Å². The highest BCUT2D eigenvalue weighted by molar-refractivity contribution is 7.98. The first-order valence-corrected chi connectivity index (χ1v) is 16.9. The van der Waals surface area contributed by atoms with Crippen molar-refractivity contribution in [3.8, 4) is 5.75 Å². The summed E-state index contributed by atoms with van der Waals surface area (Å²) in [5.41, 5.74) is 2.77. The summed E-state index contributed by atoms with van der Waals surface area (Å²) in [7, 11) is -3.79. The molecule has 0 radical (unpaired) electrons. The molecule has 0 atom stereocenters. The molecular formula is C31H41N3O9S2. The van der Waals surface area contributed by atoms with E-state index in [4.69, 9.17) is 28.8 Å². The van der Waals surface area contributed by atoms with Gasteiger partial charge in [0.2, 0.25) is 0 Å². The largest absolute Gasteiger partial charge is 0.490 e. The maximum Gasteiger partial charge on any atom is 0.329 e. The molecule has 0 amide bonds. The Morgan fingerprint density at radius 2 is 1.58 bits per heavy atom.